The largest absolute Gasteiger partial charge is 0.443 e. The first-order valence-corrected chi connectivity index (χ1v) is 6.47. The Balaban J connectivity index is 1.76. The molecule has 2 aliphatic rings. The van der Waals surface area contributed by atoms with Crippen LogP contribution in [0.1, 0.15) is 63.1 Å². The van der Waals surface area contributed by atoms with Gasteiger partial charge in [-0.1, -0.05) is 19.8 Å². The van der Waals surface area contributed by atoms with Gasteiger partial charge in [-0.25, -0.2) is 4.98 Å². The number of rotatable bonds is 2. The average Bonchev–Trinajstić information content (AvgIpc) is 2.77. The van der Waals surface area contributed by atoms with Gasteiger partial charge in [0.2, 0.25) is 5.89 Å². The number of nitrogens with one attached hydrogen (secondary N) is 1. The number of piperidine rings is 1. The smallest absolute Gasteiger partial charge is 0.211 e. The van der Waals surface area contributed by atoms with Gasteiger partial charge in [0.15, 0.2) is 0 Å². The van der Waals surface area contributed by atoms with Crippen molar-refractivity contribution in [1.29, 1.82) is 0 Å². The summed E-state index contributed by atoms with van der Waals surface area (Å²) in [5.74, 6) is 2.00. The molecule has 3 rings (SSSR count). The van der Waals surface area contributed by atoms with E-state index in [9.17, 15) is 0 Å². The van der Waals surface area contributed by atoms with E-state index in [0.717, 1.165) is 24.6 Å². The van der Waals surface area contributed by atoms with Gasteiger partial charge < -0.3 is 9.73 Å². The molecule has 1 aromatic rings. The van der Waals surface area contributed by atoms with Gasteiger partial charge in [-0.2, -0.15) is 0 Å². The van der Waals surface area contributed by atoms with Crippen LogP contribution < -0.4 is 5.32 Å². The Morgan fingerprint density at radius 3 is 2.88 bits per heavy atom. The third kappa shape index (κ3) is 1.67. The lowest BCUT2D eigenvalue weighted by Gasteiger charge is -2.35. The second-order valence-electron chi connectivity index (χ2n) is 5.48. The average molecular weight is 220 g/mol. The molecule has 16 heavy (non-hydrogen) atoms. The number of hydrogen-bond acceptors (Lipinski definition) is 3. The third-order valence-electron chi connectivity index (χ3n) is 4.18. The van der Waals surface area contributed by atoms with Crippen LogP contribution in [-0.2, 0) is 5.41 Å². The van der Waals surface area contributed by atoms with Gasteiger partial charge >= 0.3 is 0 Å². The van der Waals surface area contributed by atoms with Crippen molar-refractivity contribution in [3.63, 3.8) is 0 Å². The van der Waals surface area contributed by atoms with Crippen LogP contribution in [0, 0.1) is 0 Å². The molecule has 1 saturated carbocycles. The Morgan fingerprint density at radius 1 is 1.38 bits per heavy atom. The van der Waals surface area contributed by atoms with E-state index in [-0.39, 0.29) is 5.41 Å². The summed E-state index contributed by atoms with van der Waals surface area (Å²) in [4.78, 5) is 4.46. The molecule has 3 heteroatoms. The lowest BCUT2D eigenvalue weighted by Crippen LogP contribution is -2.30. The minimum atomic E-state index is 0.278. The Bertz CT molecular complexity index is 362. The molecule has 0 bridgehead atoms. The molecule has 2 heterocycles. The summed E-state index contributed by atoms with van der Waals surface area (Å²) in [7, 11) is 0. The van der Waals surface area contributed by atoms with E-state index >= 15 is 0 Å². The van der Waals surface area contributed by atoms with Gasteiger partial charge in [-0.05, 0) is 32.2 Å². The summed E-state index contributed by atoms with van der Waals surface area (Å²) in [6.45, 7) is 3.38. The molecule has 1 unspecified atom stereocenters. The minimum absolute atomic E-state index is 0.278. The van der Waals surface area contributed by atoms with Gasteiger partial charge in [0.05, 0.1) is 12.2 Å². The summed E-state index contributed by atoms with van der Waals surface area (Å²) in [6.07, 6.45) is 9.50. The monoisotopic (exact) mass is 220 g/mol. The molecule has 1 atom stereocenters. The Morgan fingerprint density at radius 2 is 2.25 bits per heavy atom. The fraction of sp³-hybridized carbons (Fsp3) is 0.769. The zero-order valence-corrected chi connectivity index (χ0v) is 9.96. The van der Waals surface area contributed by atoms with E-state index in [1.54, 1.807) is 0 Å². The van der Waals surface area contributed by atoms with Crippen molar-refractivity contribution in [3.8, 4) is 0 Å². The SMILES string of the molecule is CC1(c2cnc(C3CCCCN3)o2)CCC1. The van der Waals surface area contributed by atoms with Crippen molar-refractivity contribution in [3.05, 3.63) is 17.8 Å². The molecule has 1 aliphatic heterocycles. The highest BCUT2D eigenvalue weighted by atomic mass is 16.4. The summed E-state index contributed by atoms with van der Waals surface area (Å²) in [5, 5.41) is 3.48. The molecule has 0 amide bonds. The Labute approximate surface area is 96.6 Å². The van der Waals surface area contributed by atoms with E-state index in [1.807, 2.05) is 6.20 Å². The third-order valence-corrected chi connectivity index (χ3v) is 4.18. The maximum Gasteiger partial charge on any atom is 0.211 e. The maximum atomic E-state index is 5.96. The zero-order valence-electron chi connectivity index (χ0n) is 9.96. The van der Waals surface area contributed by atoms with E-state index in [0.29, 0.717) is 6.04 Å². The molecular weight excluding hydrogens is 200 g/mol. The molecule has 3 nitrogen and oxygen atoms in total. The lowest BCUT2D eigenvalue weighted by molar-refractivity contribution is 0.211. The molecule has 0 aromatic carbocycles. The van der Waals surface area contributed by atoms with Crippen LogP contribution in [-0.4, -0.2) is 11.5 Å². The van der Waals surface area contributed by atoms with Gasteiger partial charge in [-0.3, -0.25) is 0 Å². The number of aromatic nitrogens is 1. The highest BCUT2D eigenvalue weighted by molar-refractivity contribution is 5.14. The number of hydrogen-bond donors (Lipinski definition) is 1. The van der Waals surface area contributed by atoms with Crippen LogP contribution in [0.5, 0.6) is 0 Å². The second-order valence-corrected chi connectivity index (χ2v) is 5.48. The van der Waals surface area contributed by atoms with Crippen LogP contribution in [0.4, 0.5) is 0 Å². The zero-order chi connectivity index (χ0) is 11.0. The summed E-state index contributed by atoms with van der Waals surface area (Å²) in [6, 6.07) is 0.353. The highest BCUT2D eigenvalue weighted by Crippen LogP contribution is 2.43. The molecule has 1 aliphatic carbocycles. The van der Waals surface area contributed by atoms with Gasteiger partial charge in [0.1, 0.15) is 5.76 Å². The topological polar surface area (TPSA) is 38.1 Å². The molecular formula is C13H20N2O. The van der Waals surface area contributed by atoms with Crippen LogP contribution in [0.2, 0.25) is 0 Å². The van der Waals surface area contributed by atoms with Gasteiger partial charge in [0.25, 0.3) is 0 Å². The molecule has 0 spiro atoms. The van der Waals surface area contributed by atoms with E-state index in [4.69, 9.17) is 4.42 Å². The van der Waals surface area contributed by atoms with Crippen molar-refractivity contribution >= 4 is 0 Å². The summed E-state index contributed by atoms with van der Waals surface area (Å²) >= 11 is 0. The maximum absolute atomic E-state index is 5.96. The van der Waals surface area contributed by atoms with Crippen LogP contribution >= 0.6 is 0 Å². The molecule has 1 aromatic heterocycles. The molecule has 1 saturated heterocycles. The fourth-order valence-corrected chi connectivity index (χ4v) is 2.74. The lowest BCUT2D eigenvalue weighted by atomic mass is 9.69. The summed E-state index contributed by atoms with van der Waals surface area (Å²) in [5.41, 5.74) is 0.278. The normalized spacial score (nSPS) is 28.7. The first-order chi connectivity index (χ1) is 7.78. The van der Waals surface area contributed by atoms with Crippen molar-refractivity contribution < 1.29 is 4.42 Å². The van der Waals surface area contributed by atoms with Crippen molar-refractivity contribution in [2.45, 2.75) is 56.9 Å². The van der Waals surface area contributed by atoms with Gasteiger partial charge in [0, 0.05) is 5.41 Å². The van der Waals surface area contributed by atoms with E-state index < -0.39 is 0 Å². The highest BCUT2D eigenvalue weighted by Gasteiger charge is 2.37. The first-order valence-electron chi connectivity index (χ1n) is 6.47. The molecule has 0 radical (unpaired) electrons. The van der Waals surface area contributed by atoms with Crippen LogP contribution in [0.15, 0.2) is 10.6 Å². The van der Waals surface area contributed by atoms with Crippen molar-refractivity contribution in [2.75, 3.05) is 6.54 Å². The number of nitrogens with zero attached hydrogens (tertiary/aromatic N) is 1. The predicted molar refractivity (Wildman–Crippen MR) is 62.3 cm³/mol. The van der Waals surface area contributed by atoms with Crippen molar-refractivity contribution in [2.24, 2.45) is 0 Å². The van der Waals surface area contributed by atoms with E-state index in [2.05, 4.69) is 17.2 Å². The summed E-state index contributed by atoms with van der Waals surface area (Å²) < 4.78 is 5.96. The van der Waals surface area contributed by atoms with E-state index in [1.165, 1.54) is 32.1 Å². The first kappa shape index (κ1) is 10.3. The quantitative estimate of drug-likeness (QED) is 0.832. The predicted octanol–water partition coefficient (Wildman–Crippen LogP) is 2.93. The Kier molecular flexibility index (Phi) is 2.51. The molecule has 2 fully saturated rings. The molecule has 1 N–H and O–H groups in total. The van der Waals surface area contributed by atoms with Crippen LogP contribution in [0.3, 0.4) is 0 Å². The molecule has 88 valence electrons. The van der Waals surface area contributed by atoms with Crippen molar-refractivity contribution in [1.82, 2.24) is 10.3 Å². The van der Waals surface area contributed by atoms with Crippen LogP contribution in [0.25, 0.3) is 0 Å². The van der Waals surface area contributed by atoms with Gasteiger partial charge in [-0.15, -0.1) is 0 Å². The second kappa shape index (κ2) is 3.88. The Hall–Kier alpha value is -0.830. The fourth-order valence-electron chi connectivity index (χ4n) is 2.74. The minimum Gasteiger partial charge on any atom is -0.443 e. The standard InChI is InChI=1S/C13H20N2O/c1-13(6-4-7-13)11-9-15-12(16-11)10-5-2-3-8-14-10/h9-10,14H,2-8H2,1H3. The number of oxazole rings is 1.